The van der Waals surface area contributed by atoms with Crippen molar-refractivity contribution < 1.29 is 9.13 Å². The first-order chi connectivity index (χ1) is 14.0. The molecule has 0 aliphatic heterocycles. The zero-order valence-corrected chi connectivity index (χ0v) is 18.1. The highest BCUT2D eigenvalue weighted by Crippen LogP contribution is 2.30. The van der Waals surface area contributed by atoms with Crippen molar-refractivity contribution >= 4 is 5.84 Å². The SMILES string of the molecule is CC/C=C/NC(=NCCCN(C)C)c1cc(-c2ccc(F)cc2)cc(OC)c1C. The van der Waals surface area contributed by atoms with Gasteiger partial charge in [-0.15, -0.1) is 0 Å². The van der Waals surface area contributed by atoms with Crippen LogP contribution in [0.1, 0.15) is 30.9 Å². The standard InChI is InChI=1S/C24H32FN3O/c1-6-7-13-26-24(27-14-8-15-28(3)4)22-16-20(17-23(29-5)18(22)2)19-9-11-21(25)12-10-19/h7,9-13,16-17H,6,8,14-15H2,1-5H3,(H,26,27)/b13-7+. The summed E-state index contributed by atoms with van der Waals surface area (Å²) in [5.74, 6) is 1.35. The van der Waals surface area contributed by atoms with Crippen molar-refractivity contribution in [2.45, 2.75) is 26.7 Å². The molecule has 29 heavy (non-hydrogen) atoms. The Morgan fingerprint density at radius 1 is 1.17 bits per heavy atom. The summed E-state index contributed by atoms with van der Waals surface area (Å²) < 4.78 is 19.0. The maximum atomic E-state index is 13.4. The molecule has 0 bridgehead atoms. The normalized spacial score (nSPS) is 12.0. The van der Waals surface area contributed by atoms with E-state index < -0.39 is 0 Å². The minimum atomic E-state index is -0.248. The van der Waals surface area contributed by atoms with Gasteiger partial charge in [0.1, 0.15) is 17.4 Å². The van der Waals surface area contributed by atoms with Crippen molar-refractivity contribution in [1.29, 1.82) is 0 Å². The number of rotatable bonds is 9. The number of benzene rings is 2. The van der Waals surface area contributed by atoms with Crippen LogP contribution in [-0.4, -0.2) is 45.0 Å². The largest absolute Gasteiger partial charge is 0.496 e. The Kier molecular flexibility index (Phi) is 8.87. The molecule has 5 heteroatoms. The fourth-order valence-electron chi connectivity index (χ4n) is 3.00. The number of allylic oxidation sites excluding steroid dienone is 1. The van der Waals surface area contributed by atoms with Crippen molar-refractivity contribution in [2.24, 2.45) is 4.99 Å². The molecular weight excluding hydrogens is 365 g/mol. The highest BCUT2D eigenvalue weighted by molar-refractivity contribution is 6.02. The maximum Gasteiger partial charge on any atom is 0.132 e. The van der Waals surface area contributed by atoms with Gasteiger partial charge in [-0.1, -0.05) is 25.1 Å². The van der Waals surface area contributed by atoms with E-state index >= 15 is 0 Å². The van der Waals surface area contributed by atoms with E-state index in [1.807, 2.05) is 19.2 Å². The molecule has 156 valence electrons. The van der Waals surface area contributed by atoms with Crippen LogP contribution >= 0.6 is 0 Å². The zero-order chi connectivity index (χ0) is 21.2. The van der Waals surface area contributed by atoms with Crippen LogP contribution in [0.5, 0.6) is 5.75 Å². The Hall–Kier alpha value is -2.66. The molecular formula is C24H32FN3O. The van der Waals surface area contributed by atoms with Crippen molar-refractivity contribution in [3.63, 3.8) is 0 Å². The van der Waals surface area contributed by atoms with Gasteiger partial charge >= 0.3 is 0 Å². The number of amidine groups is 1. The van der Waals surface area contributed by atoms with Gasteiger partial charge < -0.3 is 15.0 Å². The quantitative estimate of drug-likeness (QED) is 0.367. The highest BCUT2D eigenvalue weighted by Gasteiger charge is 2.14. The third-order valence-corrected chi connectivity index (χ3v) is 4.62. The Morgan fingerprint density at radius 2 is 1.90 bits per heavy atom. The van der Waals surface area contributed by atoms with E-state index in [-0.39, 0.29) is 5.82 Å². The molecule has 0 saturated carbocycles. The van der Waals surface area contributed by atoms with E-state index in [4.69, 9.17) is 9.73 Å². The third kappa shape index (κ3) is 6.71. The van der Waals surface area contributed by atoms with Gasteiger partial charge in [-0.05, 0) is 82.0 Å². The van der Waals surface area contributed by atoms with Crippen molar-refractivity contribution in [2.75, 3.05) is 34.3 Å². The second kappa shape index (κ2) is 11.4. The minimum Gasteiger partial charge on any atom is -0.496 e. The molecule has 0 atom stereocenters. The first-order valence-corrected chi connectivity index (χ1v) is 10.0. The molecule has 0 aliphatic rings. The average molecular weight is 398 g/mol. The number of hydrogen-bond donors (Lipinski definition) is 1. The lowest BCUT2D eigenvalue weighted by Crippen LogP contribution is -2.21. The molecule has 2 rings (SSSR count). The molecule has 0 saturated heterocycles. The summed E-state index contributed by atoms with van der Waals surface area (Å²) in [5.41, 5.74) is 3.89. The van der Waals surface area contributed by atoms with E-state index in [0.717, 1.165) is 59.8 Å². The van der Waals surface area contributed by atoms with Crippen LogP contribution in [0.25, 0.3) is 11.1 Å². The lowest BCUT2D eigenvalue weighted by atomic mass is 9.98. The summed E-state index contributed by atoms with van der Waals surface area (Å²) in [6.07, 6.45) is 5.91. The molecule has 1 N–H and O–H groups in total. The second-order valence-electron chi connectivity index (χ2n) is 7.20. The Bertz CT molecular complexity index is 842. The van der Waals surface area contributed by atoms with Crippen molar-refractivity contribution in [3.05, 3.63) is 65.6 Å². The number of aliphatic imine (C=N–C) groups is 1. The number of hydrogen-bond acceptors (Lipinski definition) is 3. The molecule has 2 aromatic rings. The van der Waals surface area contributed by atoms with Gasteiger partial charge in [-0.3, -0.25) is 4.99 Å². The Morgan fingerprint density at radius 3 is 2.52 bits per heavy atom. The van der Waals surface area contributed by atoms with Gasteiger partial charge in [0.15, 0.2) is 0 Å². The molecule has 0 amide bonds. The summed E-state index contributed by atoms with van der Waals surface area (Å²) in [7, 11) is 5.79. The maximum absolute atomic E-state index is 13.4. The molecule has 4 nitrogen and oxygen atoms in total. The lowest BCUT2D eigenvalue weighted by molar-refractivity contribution is 0.403. The number of halogens is 1. The zero-order valence-electron chi connectivity index (χ0n) is 18.1. The average Bonchev–Trinajstić information content (AvgIpc) is 2.71. The van der Waals surface area contributed by atoms with Crippen molar-refractivity contribution in [1.82, 2.24) is 10.2 Å². The van der Waals surface area contributed by atoms with Gasteiger partial charge in [-0.25, -0.2) is 4.39 Å². The summed E-state index contributed by atoms with van der Waals surface area (Å²) in [4.78, 5) is 6.99. The predicted octanol–water partition coefficient (Wildman–Crippen LogP) is 5.02. The van der Waals surface area contributed by atoms with Crippen molar-refractivity contribution in [3.8, 4) is 16.9 Å². The van der Waals surface area contributed by atoms with Gasteiger partial charge in [0, 0.05) is 17.7 Å². The lowest BCUT2D eigenvalue weighted by Gasteiger charge is -2.16. The van der Waals surface area contributed by atoms with E-state index in [9.17, 15) is 4.39 Å². The third-order valence-electron chi connectivity index (χ3n) is 4.62. The molecule has 0 spiro atoms. The van der Waals surface area contributed by atoms with E-state index in [1.165, 1.54) is 12.1 Å². The first kappa shape index (κ1) is 22.6. The molecule has 0 radical (unpaired) electrons. The summed E-state index contributed by atoms with van der Waals surface area (Å²) in [6, 6.07) is 10.6. The monoisotopic (exact) mass is 397 g/mol. The summed E-state index contributed by atoms with van der Waals surface area (Å²) in [6.45, 7) is 5.83. The summed E-state index contributed by atoms with van der Waals surface area (Å²) >= 11 is 0. The second-order valence-corrected chi connectivity index (χ2v) is 7.20. The van der Waals surface area contributed by atoms with Crippen LogP contribution in [0, 0.1) is 12.7 Å². The van der Waals surface area contributed by atoms with E-state index in [0.29, 0.717) is 0 Å². The Balaban J connectivity index is 2.46. The molecule has 0 unspecified atom stereocenters. The molecule has 0 aromatic heterocycles. The molecule has 0 fully saturated rings. The fraction of sp³-hybridized carbons (Fsp3) is 0.375. The fourth-order valence-corrected chi connectivity index (χ4v) is 3.00. The smallest absolute Gasteiger partial charge is 0.132 e. The van der Waals surface area contributed by atoms with Crippen LogP contribution in [-0.2, 0) is 0 Å². The number of methoxy groups -OCH3 is 1. The number of nitrogens with zero attached hydrogens (tertiary/aromatic N) is 2. The predicted molar refractivity (Wildman–Crippen MR) is 120 cm³/mol. The highest BCUT2D eigenvalue weighted by atomic mass is 19.1. The topological polar surface area (TPSA) is 36.9 Å². The van der Waals surface area contributed by atoms with E-state index in [2.05, 4.69) is 43.4 Å². The minimum absolute atomic E-state index is 0.248. The Labute approximate surface area is 174 Å². The van der Waals surface area contributed by atoms with Crippen LogP contribution in [0.3, 0.4) is 0 Å². The molecule has 0 heterocycles. The first-order valence-electron chi connectivity index (χ1n) is 10.0. The van der Waals surface area contributed by atoms with Crippen LogP contribution in [0.2, 0.25) is 0 Å². The number of ether oxygens (including phenoxy) is 1. The van der Waals surface area contributed by atoms with Gasteiger partial charge in [-0.2, -0.15) is 0 Å². The van der Waals surface area contributed by atoms with Crippen LogP contribution in [0.15, 0.2) is 53.7 Å². The number of nitrogens with one attached hydrogen (secondary N) is 1. The van der Waals surface area contributed by atoms with Crippen LogP contribution < -0.4 is 10.1 Å². The molecule has 0 aliphatic carbocycles. The van der Waals surface area contributed by atoms with Gasteiger partial charge in [0.05, 0.1) is 7.11 Å². The van der Waals surface area contributed by atoms with Gasteiger partial charge in [0.25, 0.3) is 0 Å². The van der Waals surface area contributed by atoms with E-state index in [1.54, 1.807) is 19.2 Å². The summed E-state index contributed by atoms with van der Waals surface area (Å²) in [5, 5.41) is 3.35. The molecule has 2 aromatic carbocycles. The van der Waals surface area contributed by atoms with Crippen LogP contribution in [0.4, 0.5) is 4.39 Å². The van der Waals surface area contributed by atoms with Gasteiger partial charge in [0.2, 0.25) is 0 Å².